The summed E-state index contributed by atoms with van der Waals surface area (Å²) in [5.74, 6) is -2.16. The van der Waals surface area contributed by atoms with Crippen LogP contribution in [0.25, 0.3) is 0 Å². The minimum absolute atomic E-state index is 0.184. The van der Waals surface area contributed by atoms with Crippen LogP contribution in [-0.2, 0) is 21.5 Å². The minimum atomic E-state index is -0.877. The molecule has 1 atom stereocenters. The molecule has 0 fully saturated rings. The molecule has 1 heterocycles. The lowest BCUT2D eigenvalue weighted by molar-refractivity contribution is -0.126. The van der Waals surface area contributed by atoms with Crippen molar-refractivity contribution in [2.24, 2.45) is 0 Å². The standard InChI is InChI=1S/C23H32F2N4O3/c1-6-7-18(27-20(30)10-15-8-16(24)11-17(25)9-15)21(31)28-19-12-29(14-26-19)22(2,3)13-23(4,5)32/h8-9,11-12,14,18,32H,6-7,10,13H2,1-5H3,(H,27,30)(H,28,31). The summed E-state index contributed by atoms with van der Waals surface area (Å²) in [6, 6.07) is 2.08. The predicted octanol–water partition coefficient (Wildman–Crippen LogP) is 3.52. The van der Waals surface area contributed by atoms with Gasteiger partial charge in [0.2, 0.25) is 11.8 Å². The third-order valence-electron chi connectivity index (χ3n) is 4.91. The van der Waals surface area contributed by atoms with Crippen LogP contribution in [-0.4, -0.2) is 38.1 Å². The van der Waals surface area contributed by atoms with Crippen molar-refractivity contribution in [3.63, 3.8) is 0 Å². The Hall–Kier alpha value is -2.81. The smallest absolute Gasteiger partial charge is 0.248 e. The number of rotatable bonds is 10. The number of carbonyl (C=O) groups excluding carboxylic acids is 2. The number of nitrogens with one attached hydrogen (secondary N) is 2. The van der Waals surface area contributed by atoms with Crippen molar-refractivity contribution in [2.45, 2.75) is 77.5 Å². The second-order valence-corrected chi connectivity index (χ2v) is 9.32. The Morgan fingerprint density at radius 2 is 1.78 bits per heavy atom. The SMILES string of the molecule is CCCC(NC(=O)Cc1cc(F)cc(F)c1)C(=O)Nc1cn(C(C)(C)CC(C)(C)O)cn1. The highest BCUT2D eigenvalue weighted by molar-refractivity contribution is 5.96. The number of imidazole rings is 1. The summed E-state index contributed by atoms with van der Waals surface area (Å²) in [6.45, 7) is 9.23. The topological polar surface area (TPSA) is 96.2 Å². The number of hydrogen-bond acceptors (Lipinski definition) is 4. The summed E-state index contributed by atoms with van der Waals surface area (Å²) in [5, 5.41) is 15.5. The first-order valence-corrected chi connectivity index (χ1v) is 10.6. The van der Waals surface area contributed by atoms with E-state index in [0.29, 0.717) is 25.1 Å². The molecule has 9 heteroatoms. The van der Waals surface area contributed by atoms with Crippen LogP contribution in [0.1, 0.15) is 59.4 Å². The fourth-order valence-corrected chi connectivity index (χ4v) is 3.78. The van der Waals surface area contributed by atoms with E-state index in [1.165, 1.54) is 0 Å². The lowest BCUT2D eigenvalue weighted by Crippen LogP contribution is -2.44. The van der Waals surface area contributed by atoms with Gasteiger partial charge in [0.05, 0.1) is 18.3 Å². The molecule has 7 nitrogen and oxygen atoms in total. The molecule has 0 aliphatic carbocycles. The van der Waals surface area contributed by atoms with Crippen LogP contribution in [0.4, 0.5) is 14.6 Å². The van der Waals surface area contributed by atoms with Crippen LogP contribution in [0.5, 0.6) is 0 Å². The first-order chi connectivity index (χ1) is 14.8. The van der Waals surface area contributed by atoms with Crippen molar-refractivity contribution in [1.29, 1.82) is 0 Å². The second kappa shape index (κ2) is 10.2. The van der Waals surface area contributed by atoms with Crippen LogP contribution >= 0.6 is 0 Å². The number of benzene rings is 1. The number of aromatic nitrogens is 2. The predicted molar refractivity (Wildman–Crippen MR) is 118 cm³/mol. The molecule has 0 aliphatic heterocycles. The highest BCUT2D eigenvalue weighted by Crippen LogP contribution is 2.27. The highest BCUT2D eigenvalue weighted by Gasteiger charge is 2.29. The van der Waals surface area contributed by atoms with Crippen LogP contribution in [0.3, 0.4) is 0 Å². The summed E-state index contributed by atoms with van der Waals surface area (Å²) in [6.07, 6.45) is 4.50. The van der Waals surface area contributed by atoms with Crippen LogP contribution in [0, 0.1) is 11.6 Å². The van der Waals surface area contributed by atoms with Gasteiger partial charge < -0.3 is 20.3 Å². The van der Waals surface area contributed by atoms with E-state index in [4.69, 9.17) is 0 Å². The van der Waals surface area contributed by atoms with Crippen molar-refractivity contribution < 1.29 is 23.5 Å². The number of amides is 2. The normalized spacial score (nSPS) is 13.0. The third kappa shape index (κ3) is 7.71. The molecule has 1 unspecified atom stereocenters. The number of anilines is 1. The molecular formula is C23H32F2N4O3. The van der Waals surface area contributed by atoms with E-state index < -0.39 is 40.6 Å². The zero-order chi connectivity index (χ0) is 24.1. The van der Waals surface area contributed by atoms with E-state index in [-0.39, 0.29) is 12.0 Å². The molecule has 2 aromatic rings. The van der Waals surface area contributed by atoms with Gasteiger partial charge in [-0.3, -0.25) is 9.59 Å². The molecule has 3 N–H and O–H groups in total. The van der Waals surface area contributed by atoms with E-state index in [2.05, 4.69) is 15.6 Å². The molecule has 0 spiro atoms. The Morgan fingerprint density at radius 3 is 2.34 bits per heavy atom. The van der Waals surface area contributed by atoms with Crippen LogP contribution < -0.4 is 10.6 Å². The Morgan fingerprint density at radius 1 is 1.16 bits per heavy atom. The maximum absolute atomic E-state index is 13.4. The molecule has 0 saturated carbocycles. The van der Waals surface area contributed by atoms with E-state index >= 15 is 0 Å². The van der Waals surface area contributed by atoms with Gasteiger partial charge in [-0.05, 0) is 58.2 Å². The van der Waals surface area contributed by atoms with Crippen molar-refractivity contribution in [2.75, 3.05) is 5.32 Å². The number of hydrogen-bond donors (Lipinski definition) is 3. The van der Waals surface area contributed by atoms with Gasteiger partial charge in [0.25, 0.3) is 0 Å². The number of carbonyl (C=O) groups is 2. The molecular weight excluding hydrogens is 418 g/mol. The molecule has 0 radical (unpaired) electrons. The summed E-state index contributed by atoms with van der Waals surface area (Å²) in [7, 11) is 0. The molecule has 1 aromatic heterocycles. The molecule has 0 saturated heterocycles. The first kappa shape index (κ1) is 25.5. The summed E-state index contributed by atoms with van der Waals surface area (Å²) in [5.41, 5.74) is -1.13. The molecule has 1 aromatic carbocycles. The van der Waals surface area contributed by atoms with Gasteiger partial charge in [-0.25, -0.2) is 13.8 Å². The van der Waals surface area contributed by atoms with Gasteiger partial charge in [0.1, 0.15) is 17.7 Å². The maximum atomic E-state index is 13.4. The van der Waals surface area contributed by atoms with Gasteiger partial charge in [-0.1, -0.05) is 13.3 Å². The third-order valence-corrected chi connectivity index (χ3v) is 4.91. The quantitative estimate of drug-likeness (QED) is 0.516. The van der Waals surface area contributed by atoms with E-state index in [0.717, 1.165) is 18.2 Å². The maximum Gasteiger partial charge on any atom is 0.248 e. The number of aliphatic hydroxyl groups is 1. The molecule has 32 heavy (non-hydrogen) atoms. The van der Waals surface area contributed by atoms with Crippen LogP contribution in [0.15, 0.2) is 30.7 Å². The van der Waals surface area contributed by atoms with E-state index in [1.807, 2.05) is 25.3 Å². The lowest BCUT2D eigenvalue weighted by atomic mass is 9.89. The highest BCUT2D eigenvalue weighted by atomic mass is 19.1. The first-order valence-electron chi connectivity index (χ1n) is 10.6. The molecule has 2 amide bonds. The van der Waals surface area contributed by atoms with Gasteiger partial charge in [0, 0.05) is 17.8 Å². The molecule has 0 bridgehead atoms. The van der Waals surface area contributed by atoms with Crippen molar-refractivity contribution in [3.8, 4) is 0 Å². The summed E-state index contributed by atoms with van der Waals surface area (Å²) < 4.78 is 28.5. The van der Waals surface area contributed by atoms with Gasteiger partial charge in [-0.2, -0.15) is 0 Å². The average Bonchev–Trinajstić information content (AvgIpc) is 3.07. The minimum Gasteiger partial charge on any atom is -0.390 e. The zero-order valence-electron chi connectivity index (χ0n) is 19.2. The molecule has 2 rings (SSSR count). The van der Waals surface area contributed by atoms with Crippen molar-refractivity contribution in [1.82, 2.24) is 14.9 Å². The monoisotopic (exact) mass is 450 g/mol. The Kier molecular flexibility index (Phi) is 8.12. The fraction of sp³-hybridized carbons (Fsp3) is 0.522. The molecule has 176 valence electrons. The summed E-state index contributed by atoms with van der Waals surface area (Å²) >= 11 is 0. The van der Waals surface area contributed by atoms with Gasteiger partial charge in [-0.15, -0.1) is 0 Å². The van der Waals surface area contributed by atoms with E-state index in [9.17, 15) is 23.5 Å². The van der Waals surface area contributed by atoms with Gasteiger partial charge >= 0.3 is 0 Å². The van der Waals surface area contributed by atoms with E-state index in [1.54, 1.807) is 26.4 Å². The summed E-state index contributed by atoms with van der Waals surface area (Å²) in [4.78, 5) is 29.3. The Bertz CT molecular complexity index is 931. The molecule has 0 aliphatic rings. The largest absolute Gasteiger partial charge is 0.390 e. The lowest BCUT2D eigenvalue weighted by Gasteiger charge is -2.32. The Labute approximate surface area is 187 Å². The van der Waals surface area contributed by atoms with Crippen molar-refractivity contribution >= 4 is 17.6 Å². The van der Waals surface area contributed by atoms with Crippen LogP contribution in [0.2, 0.25) is 0 Å². The number of halogens is 2. The van der Waals surface area contributed by atoms with Gasteiger partial charge in [0.15, 0.2) is 5.82 Å². The second-order valence-electron chi connectivity index (χ2n) is 9.32. The average molecular weight is 451 g/mol. The zero-order valence-corrected chi connectivity index (χ0v) is 19.2. The fourth-order valence-electron chi connectivity index (χ4n) is 3.78. The Balaban J connectivity index is 2.04. The van der Waals surface area contributed by atoms with Crippen molar-refractivity contribution in [3.05, 3.63) is 47.9 Å². The number of nitrogens with zero attached hydrogens (tertiary/aromatic N) is 2.